The van der Waals surface area contributed by atoms with Crippen LogP contribution in [0.25, 0.3) is 0 Å². The second-order valence-electron chi connectivity index (χ2n) is 4.78. The molecular weight excluding hydrogens is 309 g/mol. The number of aromatic nitrogens is 1. The summed E-state index contributed by atoms with van der Waals surface area (Å²) >= 11 is 12.4. The fraction of sp³-hybridized carbons (Fsp3) is 0.267. The van der Waals surface area contributed by atoms with E-state index < -0.39 is 0 Å². The van der Waals surface area contributed by atoms with E-state index in [0.29, 0.717) is 23.0 Å². The molecule has 0 spiro atoms. The van der Waals surface area contributed by atoms with Gasteiger partial charge in [0.05, 0.1) is 23.7 Å². The van der Waals surface area contributed by atoms with Crippen LogP contribution in [-0.4, -0.2) is 12.1 Å². The molecule has 108 valence electrons. The van der Waals surface area contributed by atoms with Crippen LogP contribution in [0.3, 0.4) is 0 Å². The molecule has 6 heteroatoms. The van der Waals surface area contributed by atoms with Gasteiger partial charge in [-0.3, -0.25) is 4.98 Å². The van der Waals surface area contributed by atoms with Crippen LogP contribution in [0, 0.1) is 0 Å². The normalized spacial score (nSPS) is 16.6. The van der Waals surface area contributed by atoms with E-state index in [0.717, 1.165) is 22.4 Å². The van der Waals surface area contributed by atoms with Gasteiger partial charge in [-0.25, -0.2) is 0 Å². The van der Waals surface area contributed by atoms with E-state index in [1.54, 1.807) is 19.5 Å². The van der Waals surface area contributed by atoms with Gasteiger partial charge in [-0.1, -0.05) is 29.3 Å². The van der Waals surface area contributed by atoms with Gasteiger partial charge in [0.1, 0.15) is 11.8 Å². The number of hydrogen-bond acceptors (Lipinski definition) is 4. The Bertz CT molecular complexity index is 683. The number of azo groups is 1. The van der Waals surface area contributed by atoms with Crippen molar-refractivity contribution >= 4 is 23.2 Å². The molecule has 2 heterocycles. The van der Waals surface area contributed by atoms with E-state index in [2.05, 4.69) is 15.2 Å². The zero-order valence-corrected chi connectivity index (χ0v) is 12.9. The second kappa shape index (κ2) is 6.00. The number of methoxy groups -OCH3 is 1. The van der Waals surface area contributed by atoms with Crippen molar-refractivity contribution in [3.05, 3.63) is 57.3 Å². The lowest BCUT2D eigenvalue weighted by Gasteiger charge is -2.20. The quantitative estimate of drug-likeness (QED) is 0.826. The molecule has 1 aromatic carbocycles. The number of fused-ring (bicyclic) bond motifs is 1. The van der Waals surface area contributed by atoms with Crippen LogP contribution in [-0.2, 0) is 13.0 Å². The summed E-state index contributed by atoms with van der Waals surface area (Å²) in [6.07, 6.45) is 3.79. The van der Waals surface area contributed by atoms with Gasteiger partial charge < -0.3 is 4.74 Å². The molecule has 21 heavy (non-hydrogen) atoms. The number of halogens is 2. The van der Waals surface area contributed by atoms with Crippen molar-refractivity contribution in [2.45, 2.75) is 19.0 Å². The van der Waals surface area contributed by atoms with Crippen LogP contribution in [0.2, 0.25) is 10.0 Å². The summed E-state index contributed by atoms with van der Waals surface area (Å²) in [6, 6.07) is 5.87. The maximum Gasteiger partial charge on any atom is 0.119 e. The van der Waals surface area contributed by atoms with Crippen LogP contribution in [0.4, 0.5) is 0 Å². The Kier molecular flexibility index (Phi) is 4.08. The van der Waals surface area contributed by atoms with E-state index in [4.69, 9.17) is 27.9 Å². The monoisotopic (exact) mass is 321 g/mol. The highest BCUT2D eigenvalue weighted by molar-refractivity contribution is 6.35. The lowest BCUT2D eigenvalue weighted by atomic mass is 9.94. The van der Waals surface area contributed by atoms with Crippen molar-refractivity contribution in [1.29, 1.82) is 0 Å². The Hall–Kier alpha value is -1.65. The zero-order chi connectivity index (χ0) is 14.8. The van der Waals surface area contributed by atoms with Crippen molar-refractivity contribution in [3.63, 3.8) is 0 Å². The van der Waals surface area contributed by atoms with E-state index >= 15 is 0 Å². The molecule has 0 amide bonds. The minimum Gasteiger partial charge on any atom is -0.497 e. The molecule has 1 aromatic heterocycles. The lowest BCUT2D eigenvalue weighted by Crippen LogP contribution is -2.08. The van der Waals surface area contributed by atoms with E-state index in [1.807, 2.05) is 18.2 Å². The molecule has 1 unspecified atom stereocenters. The Balaban J connectivity index is 1.94. The minimum absolute atomic E-state index is 0.0861. The first-order chi connectivity index (χ1) is 10.2. The number of pyridine rings is 1. The summed E-state index contributed by atoms with van der Waals surface area (Å²) in [5, 5.41) is 9.66. The van der Waals surface area contributed by atoms with E-state index in [1.165, 1.54) is 0 Å². The first-order valence-electron chi connectivity index (χ1n) is 6.50. The summed E-state index contributed by atoms with van der Waals surface area (Å²) in [5.41, 5.74) is 3.10. The van der Waals surface area contributed by atoms with E-state index in [-0.39, 0.29) is 6.04 Å². The van der Waals surface area contributed by atoms with Gasteiger partial charge in [-0.05, 0) is 28.8 Å². The van der Waals surface area contributed by atoms with Crippen LogP contribution in [0.1, 0.15) is 22.7 Å². The number of ether oxygens (including phenoxy) is 1. The molecule has 0 fully saturated rings. The zero-order valence-electron chi connectivity index (χ0n) is 11.4. The van der Waals surface area contributed by atoms with Crippen molar-refractivity contribution in [2.24, 2.45) is 10.2 Å². The van der Waals surface area contributed by atoms with Crippen molar-refractivity contribution in [2.75, 3.05) is 7.11 Å². The maximum atomic E-state index is 6.18. The van der Waals surface area contributed by atoms with Gasteiger partial charge in [0, 0.05) is 18.8 Å². The van der Waals surface area contributed by atoms with E-state index in [9.17, 15) is 0 Å². The minimum atomic E-state index is -0.0861. The molecule has 0 bridgehead atoms. The highest BCUT2D eigenvalue weighted by Gasteiger charge is 2.21. The number of hydrogen-bond donors (Lipinski definition) is 0. The second-order valence-corrected chi connectivity index (χ2v) is 5.60. The van der Waals surface area contributed by atoms with Crippen molar-refractivity contribution < 1.29 is 4.74 Å². The Morgan fingerprint density at radius 1 is 1.24 bits per heavy atom. The third kappa shape index (κ3) is 2.87. The van der Waals surface area contributed by atoms with Gasteiger partial charge in [0.25, 0.3) is 0 Å². The fourth-order valence-corrected chi connectivity index (χ4v) is 2.95. The molecule has 0 N–H and O–H groups in total. The summed E-state index contributed by atoms with van der Waals surface area (Å²) in [7, 11) is 1.65. The Labute approximate surface area is 132 Å². The third-order valence-electron chi connectivity index (χ3n) is 3.52. The summed E-state index contributed by atoms with van der Waals surface area (Å²) in [5.74, 6) is 0.824. The highest BCUT2D eigenvalue weighted by Crippen LogP contribution is 2.35. The van der Waals surface area contributed by atoms with Gasteiger partial charge >= 0.3 is 0 Å². The van der Waals surface area contributed by atoms with Crippen LogP contribution in [0.5, 0.6) is 5.75 Å². The summed E-state index contributed by atoms with van der Waals surface area (Å²) in [6.45, 7) is 0.570. The average molecular weight is 322 g/mol. The molecule has 1 aliphatic rings. The maximum absolute atomic E-state index is 6.18. The van der Waals surface area contributed by atoms with Gasteiger partial charge in [0.15, 0.2) is 0 Å². The lowest BCUT2D eigenvalue weighted by molar-refractivity contribution is 0.413. The predicted molar refractivity (Wildman–Crippen MR) is 82.3 cm³/mol. The standard InChI is InChI=1S/C15H13Cl2N3O/c1-21-10-2-3-11-9(4-10)6-19-20-15(11)5-12-13(16)7-18-8-14(12)17/h2-4,7-8,15H,5-6H2,1H3. The molecule has 1 atom stereocenters. The first-order valence-corrected chi connectivity index (χ1v) is 7.26. The largest absolute Gasteiger partial charge is 0.497 e. The van der Waals surface area contributed by atoms with Crippen molar-refractivity contribution in [3.8, 4) is 5.75 Å². The molecule has 0 radical (unpaired) electrons. The first kappa shape index (κ1) is 14.3. The Morgan fingerprint density at radius 3 is 2.71 bits per heavy atom. The molecular formula is C15H13Cl2N3O. The fourth-order valence-electron chi connectivity index (χ4n) is 2.43. The number of rotatable bonds is 3. The van der Waals surface area contributed by atoms with Gasteiger partial charge in [-0.15, -0.1) is 0 Å². The average Bonchev–Trinajstić information content (AvgIpc) is 2.50. The molecule has 0 saturated heterocycles. The Morgan fingerprint density at radius 2 is 2.00 bits per heavy atom. The van der Waals surface area contributed by atoms with Crippen LogP contribution >= 0.6 is 23.2 Å². The highest BCUT2D eigenvalue weighted by atomic mass is 35.5. The summed E-state index contributed by atoms with van der Waals surface area (Å²) in [4.78, 5) is 3.97. The number of benzene rings is 1. The third-order valence-corrected chi connectivity index (χ3v) is 4.17. The molecule has 3 rings (SSSR count). The van der Waals surface area contributed by atoms with Crippen molar-refractivity contribution in [1.82, 2.24) is 4.98 Å². The van der Waals surface area contributed by atoms with Crippen LogP contribution < -0.4 is 4.74 Å². The summed E-state index contributed by atoms with van der Waals surface area (Å²) < 4.78 is 5.25. The topological polar surface area (TPSA) is 46.8 Å². The van der Waals surface area contributed by atoms with Gasteiger partial charge in [-0.2, -0.15) is 10.2 Å². The SMILES string of the molecule is COc1ccc2c(c1)CN=NC2Cc1c(Cl)cncc1Cl. The molecule has 1 aliphatic heterocycles. The smallest absolute Gasteiger partial charge is 0.119 e. The van der Waals surface area contributed by atoms with Gasteiger partial charge in [0.2, 0.25) is 0 Å². The molecule has 0 saturated carbocycles. The predicted octanol–water partition coefficient (Wildman–Crippen LogP) is 4.65. The molecule has 0 aliphatic carbocycles. The molecule has 2 aromatic rings. The number of nitrogens with zero attached hydrogens (tertiary/aromatic N) is 3. The molecule has 4 nitrogen and oxygen atoms in total. The van der Waals surface area contributed by atoms with Crippen LogP contribution in [0.15, 0.2) is 40.8 Å².